The lowest BCUT2D eigenvalue weighted by atomic mass is 10.0. The fourth-order valence-corrected chi connectivity index (χ4v) is 5.81. The zero-order valence-electron chi connectivity index (χ0n) is 29.7. The molecule has 0 fully saturated rings. The van der Waals surface area contributed by atoms with Crippen molar-refractivity contribution in [3.63, 3.8) is 0 Å². The first-order valence-electron chi connectivity index (χ1n) is 19.2. The highest BCUT2D eigenvalue weighted by Crippen LogP contribution is 2.16. The lowest BCUT2D eigenvalue weighted by molar-refractivity contribution is -0.187. The Morgan fingerprint density at radius 1 is 0.370 bits per heavy atom. The summed E-state index contributed by atoms with van der Waals surface area (Å²) in [4.78, 5) is 48.0. The average molecular weight is 655 g/mol. The molecule has 2 unspecified atom stereocenters. The summed E-state index contributed by atoms with van der Waals surface area (Å²) in [6.07, 6.45) is 28.7. The average Bonchev–Trinajstić information content (AvgIpc) is 3.02. The number of carboxylic acids is 2. The van der Waals surface area contributed by atoms with Crippen molar-refractivity contribution in [1.29, 1.82) is 0 Å². The van der Waals surface area contributed by atoms with Crippen molar-refractivity contribution in [2.45, 2.75) is 219 Å². The SMILES string of the molecule is CCCCCCCCCCCCCCCCCC(=O)OC(C(=O)O)C(OC(=O)CCCCCCCCCCCCCCC)C(=O)O. The molecule has 46 heavy (non-hydrogen) atoms. The quantitative estimate of drug-likeness (QED) is 0.0510. The van der Waals surface area contributed by atoms with Crippen molar-refractivity contribution in [2.75, 3.05) is 0 Å². The Morgan fingerprint density at radius 3 is 0.761 bits per heavy atom. The van der Waals surface area contributed by atoms with E-state index in [1.807, 2.05) is 0 Å². The van der Waals surface area contributed by atoms with E-state index in [4.69, 9.17) is 9.47 Å². The summed E-state index contributed by atoms with van der Waals surface area (Å²) >= 11 is 0. The lowest BCUT2D eigenvalue weighted by Gasteiger charge is -2.21. The van der Waals surface area contributed by atoms with Gasteiger partial charge in [-0.15, -0.1) is 0 Å². The van der Waals surface area contributed by atoms with Gasteiger partial charge in [0, 0.05) is 12.8 Å². The van der Waals surface area contributed by atoms with Gasteiger partial charge in [0.2, 0.25) is 12.2 Å². The Bertz CT molecular complexity index is 753. The summed E-state index contributed by atoms with van der Waals surface area (Å²) in [5.41, 5.74) is 0. The lowest BCUT2D eigenvalue weighted by Crippen LogP contribution is -2.45. The molecule has 0 saturated carbocycles. The van der Waals surface area contributed by atoms with Crippen molar-refractivity contribution >= 4 is 23.9 Å². The summed E-state index contributed by atoms with van der Waals surface area (Å²) < 4.78 is 9.96. The van der Waals surface area contributed by atoms with E-state index >= 15 is 0 Å². The highest BCUT2D eigenvalue weighted by Gasteiger charge is 2.40. The van der Waals surface area contributed by atoms with E-state index in [1.165, 1.54) is 128 Å². The topological polar surface area (TPSA) is 127 Å². The molecule has 8 heteroatoms. The monoisotopic (exact) mass is 655 g/mol. The van der Waals surface area contributed by atoms with Crippen LogP contribution < -0.4 is 0 Å². The summed E-state index contributed by atoms with van der Waals surface area (Å²) in [6.45, 7) is 4.47. The molecule has 2 N–H and O–H groups in total. The van der Waals surface area contributed by atoms with Crippen LogP contribution in [-0.2, 0) is 28.7 Å². The second kappa shape index (κ2) is 32.8. The summed E-state index contributed by atoms with van der Waals surface area (Å²) in [7, 11) is 0. The van der Waals surface area contributed by atoms with Gasteiger partial charge in [-0.1, -0.05) is 181 Å². The Kier molecular flexibility index (Phi) is 31.3. The molecule has 8 nitrogen and oxygen atoms in total. The van der Waals surface area contributed by atoms with Gasteiger partial charge in [-0.25, -0.2) is 9.59 Å². The van der Waals surface area contributed by atoms with Crippen molar-refractivity contribution in [2.24, 2.45) is 0 Å². The van der Waals surface area contributed by atoms with Crippen LogP contribution in [0.4, 0.5) is 0 Å². The van der Waals surface area contributed by atoms with Gasteiger partial charge in [0.25, 0.3) is 0 Å². The predicted molar refractivity (Wildman–Crippen MR) is 185 cm³/mol. The third-order valence-corrected chi connectivity index (χ3v) is 8.75. The van der Waals surface area contributed by atoms with E-state index < -0.39 is 36.1 Å². The first-order valence-corrected chi connectivity index (χ1v) is 19.2. The Labute approximate surface area is 281 Å². The van der Waals surface area contributed by atoms with E-state index in [9.17, 15) is 29.4 Å². The smallest absolute Gasteiger partial charge is 0.349 e. The molecule has 0 aromatic carbocycles. The second-order valence-corrected chi connectivity index (χ2v) is 13.2. The van der Waals surface area contributed by atoms with Crippen LogP contribution in [-0.4, -0.2) is 46.3 Å². The van der Waals surface area contributed by atoms with Crippen LogP contribution in [0.2, 0.25) is 0 Å². The summed E-state index contributed by atoms with van der Waals surface area (Å²) in [5.74, 6) is -4.88. The molecule has 0 rings (SSSR count). The molecule has 0 aromatic heterocycles. The van der Waals surface area contributed by atoms with Crippen molar-refractivity contribution in [1.82, 2.24) is 0 Å². The van der Waals surface area contributed by atoms with Crippen LogP contribution in [0.3, 0.4) is 0 Å². The Balaban J connectivity index is 4.03. The van der Waals surface area contributed by atoms with Crippen LogP contribution in [0.5, 0.6) is 0 Å². The molecule has 0 spiro atoms. The molecule has 0 bridgehead atoms. The normalized spacial score (nSPS) is 12.5. The van der Waals surface area contributed by atoms with Crippen molar-refractivity contribution < 1.29 is 38.9 Å². The van der Waals surface area contributed by atoms with Crippen molar-refractivity contribution in [3.8, 4) is 0 Å². The van der Waals surface area contributed by atoms with E-state index in [1.54, 1.807) is 0 Å². The number of unbranched alkanes of at least 4 members (excludes halogenated alkanes) is 26. The van der Waals surface area contributed by atoms with Gasteiger partial charge in [-0.2, -0.15) is 0 Å². The van der Waals surface area contributed by atoms with Gasteiger partial charge in [-0.05, 0) is 12.8 Å². The van der Waals surface area contributed by atoms with Crippen LogP contribution in [0.15, 0.2) is 0 Å². The molecule has 0 heterocycles. The molecule has 0 saturated heterocycles. The highest BCUT2D eigenvalue weighted by molar-refractivity contribution is 5.87. The fraction of sp³-hybridized carbons (Fsp3) is 0.895. The number of hydrogen-bond donors (Lipinski definition) is 2. The number of carboxylic acid groups (broad SMARTS) is 2. The van der Waals surface area contributed by atoms with Crippen LogP contribution in [0, 0.1) is 0 Å². The van der Waals surface area contributed by atoms with Gasteiger partial charge in [0.15, 0.2) is 0 Å². The minimum atomic E-state index is -2.07. The van der Waals surface area contributed by atoms with Gasteiger partial charge in [-0.3, -0.25) is 9.59 Å². The van der Waals surface area contributed by atoms with E-state index in [2.05, 4.69) is 13.8 Å². The summed E-state index contributed by atoms with van der Waals surface area (Å²) in [5, 5.41) is 19.0. The first-order chi connectivity index (χ1) is 22.3. The second-order valence-electron chi connectivity index (χ2n) is 13.2. The number of aliphatic carboxylic acids is 2. The maximum Gasteiger partial charge on any atom is 0.349 e. The molecular formula is C38H70O8. The van der Waals surface area contributed by atoms with Crippen molar-refractivity contribution in [3.05, 3.63) is 0 Å². The number of carbonyl (C=O) groups is 4. The molecule has 0 aromatic rings. The minimum absolute atomic E-state index is 0.000943. The van der Waals surface area contributed by atoms with Gasteiger partial charge in [0.1, 0.15) is 0 Å². The number of ether oxygens (including phenoxy) is 2. The molecule has 0 radical (unpaired) electrons. The summed E-state index contributed by atoms with van der Waals surface area (Å²) in [6, 6.07) is 0. The minimum Gasteiger partial charge on any atom is -0.478 e. The van der Waals surface area contributed by atoms with E-state index in [-0.39, 0.29) is 12.8 Å². The maximum absolute atomic E-state index is 12.3. The van der Waals surface area contributed by atoms with E-state index in [0.29, 0.717) is 12.8 Å². The zero-order valence-corrected chi connectivity index (χ0v) is 29.7. The fourth-order valence-electron chi connectivity index (χ4n) is 5.81. The van der Waals surface area contributed by atoms with E-state index in [0.717, 1.165) is 38.5 Å². The van der Waals surface area contributed by atoms with Crippen LogP contribution >= 0.6 is 0 Å². The standard InChI is InChI=1S/C38H70O8/c1-3-5-7-9-11-13-15-17-18-20-22-24-26-28-30-32-34(40)46-36(38(43)44)35(37(41)42)45-33(39)31-29-27-25-23-21-19-16-14-12-10-8-6-4-2/h35-36H,3-32H2,1-2H3,(H,41,42)(H,43,44). The third-order valence-electron chi connectivity index (χ3n) is 8.75. The molecule has 0 aliphatic heterocycles. The molecule has 270 valence electrons. The first kappa shape index (κ1) is 43.9. The van der Waals surface area contributed by atoms with Gasteiger partial charge in [0.05, 0.1) is 0 Å². The molecule has 0 aliphatic carbocycles. The predicted octanol–water partition coefficient (Wildman–Crippen LogP) is 10.7. The molecule has 0 aliphatic rings. The number of carbonyl (C=O) groups excluding carboxylic acids is 2. The maximum atomic E-state index is 12.3. The Hall–Kier alpha value is -2.12. The third kappa shape index (κ3) is 28.1. The zero-order chi connectivity index (χ0) is 34.1. The van der Waals surface area contributed by atoms with Gasteiger partial charge >= 0.3 is 23.9 Å². The largest absolute Gasteiger partial charge is 0.478 e. The number of hydrogen-bond acceptors (Lipinski definition) is 6. The molecule has 0 amide bonds. The molecule has 2 atom stereocenters. The molecular weight excluding hydrogens is 584 g/mol. The highest BCUT2D eigenvalue weighted by atomic mass is 16.6. The number of rotatable bonds is 35. The Morgan fingerprint density at radius 2 is 0.565 bits per heavy atom. The van der Waals surface area contributed by atoms with Crippen LogP contribution in [0.25, 0.3) is 0 Å². The number of esters is 2. The van der Waals surface area contributed by atoms with Crippen LogP contribution in [0.1, 0.15) is 206 Å². The van der Waals surface area contributed by atoms with Gasteiger partial charge < -0.3 is 19.7 Å².